The van der Waals surface area contributed by atoms with Crippen molar-refractivity contribution in [2.75, 3.05) is 26.7 Å². The molecule has 0 saturated carbocycles. The third kappa shape index (κ3) is 5.55. The van der Waals surface area contributed by atoms with E-state index in [0.717, 1.165) is 0 Å². The molecule has 152 valence electrons. The Hall–Kier alpha value is -1.88. The zero-order valence-electron chi connectivity index (χ0n) is 14.8. The Morgan fingerprint density at radius 2 is 1.85 bits per heavy atom. The Bertz CT molecular complexity index is 760. The fourth-order valence-corrected chi connectivity index (χ4v) is 3.77. The average Bonchev–Trinajstić information content (AvgIpc) is 2.62. The van der Waals surface area contributed by atoms with Gasteiger partial charge in [-0.3, -0.25) is 4.99 Å². The van der Waals surface area contributed by atoms with E-state index in [1.165, 1.54) is 6.07 Å². The molecule has 1 aliphatic heterocycles. The Labute approximate surface area is 155 Å². The Morgan fingerprint density at radius 3 is 2.41 bits per heavy atom. The molecular weight excluding hydrogens is 388 g/mol. The highest BCUT2D eigenvalue weighted by atomic mass is 32.2. The van der Waals surface area contributed by atoms with Crippen molar-refractivity contribution < 1.29 is 26.0 Å². The van der Waals surface area contributed by atoms with Gasteiger partial charge in [0.2, 0.25) is 0 Å². The number of sulfonamides is 1. The van der Waals surface area contributed by atoms with E-state index < -0.39 is 15.5 Å². The van der Waals surface area contributed by atoms with E-state index in [9.17, 15) is 26.0 Å². The summed E-state index contributed by atoms with van der Waals surface area (Å²) < 4.78 is 74.6. The number of rotatable bonds is 5. The van der Waals surface area contributed by atoms with Crippen LogP contribution in [0.1, 0.15) is 18.4 Å². The first-order valence-corrected chi connectivity index (χ1v) is 9.83. The molecule has 27 heavy (non-hydrogen) atoms. The summed E-state index contributed by atoms with van der Waals surface area (Å²) in [5, 5.41) is 6.00. The van der Waals surface area contributed by atoms with Crippen molar-refractivity contribution in [2.45, 2.75) is 24.9 Å². The van der Waals surface area contributed by atoms with Crippen LogP contribution < -0.4 is 10.6 Å². The molecule has 0 spiro atoms. The van der Waals surface area contributed by atoms with Crippen molar-refractivity contribution >= 4 is 16.0 Å². The van der Waals surface area contributed by atoms with Gasteiger partial charge in [-0.1, -0.05) is 18.2 Å². The topological polar surface area (TPSA) is 73.8 Å². The lowest BCUT2D eigenvalue weighted by atomic mass is 9.98. The minimum Gasteiger partial charge on any atom is -0.356 e. The molecule has 1 aromatic carbocycles. The molecule has 1 aromatic rings. The van der Waals surface area contributed by atoms with E-state index in [1.54, 1.807) is 25.2 Å². The summed E-state index contributed by atoms with van der Waals surface area (Å²) in [6.45, 7) is 0.316. The number of piperidine rings is 1. The number of aliphatic imine (C=N–C) groups is 1. The molecule has 1 heterocycles. The zero-order chi connectivity index (χ0) is 20.1. The van der Waals surface area contributed by atoms with Gasteiger partial charge in [-0.25, -0.2) is 12.8 Å². The molecule has 0 atom stereocenters. The number of nitrogens with one attached hydrogen (secondary N) is 2. The van der Waals surface area contributed by atoms with E-state index in [4.69, 9.17) is 0 Å². The van der Waals surface area contributed by atoms with Crippen LogP contribution in [0.15, 0.2) is 29.3 Å². The number of hydrogen-bond donors (Lipinski definition) is 2. The van der Waals surface area contributed by atoms with E-state index in [0.29, 0.717) is 35.2 Å². The minimum absolute atomic E-state index is 0.0108. The normalized spacial score (nSPS) is 17.7. The molecule has 1 fully saturated rings. The molecule has 11 heteroatoms. The molecule has 6 nitrogen and oxygen atoms in total. The lowest BCUT2D eigenvalue weighted by Gasteiger charge is -2.31. The fraction of sp³-hybridized carbons (Fsp3) is 0.562. The highest BCUT2D eigenvalue weighted by Crippen LogP contribution is 2.30. The monoisotopic (exact) mass is 410 g/mol. The summed E-state index contributed by atoms with van der Waals surface area (Å²) in [7, 11) is -3.71. The lowest BCUT2D eigenvalue weighted by molar-refractivity contribution is -0.0496. The van der Waals surface area contributed by atoms with Gasteiger partial charge in [0.25, 0.3) is 0 Å². The van der Waals surface area contributed by atoms with Gasteiger partial charge in [-0.15, -0.1) is 0 Å². The summed E-state index contributed by atoms with van der Waals surface area (Å²) >= 11 is 0. The second kappa shape index (κ2) is 8.87. The van der Waals surface area contributed by atoms with Gasteiger partial charge in [0.1, 0.15) is 5.82 Å². The number of halogens is 4. The van der Waals surface area contributed by atoms with Crippen LogP contribution in [0.2, 0.25) is 0 Å². The van der Waals surface area contributed by atoms with Crippen LogP contribution >= 0.6 is 0 Å². The molecule has 2 rings (SSSR count). The summed E-state index contributed by atoms with van der Waals surface area (Å²) in [6.07, 6.45) is 0.624. The van der Waals surface area contributed by atoms with E-state index in [1.807, 2.05) is 0 Å². The molecule has 1 aliphatic rings. The highest BCUT2D eigenvalue weighted by Gasteiger charge is 2.50. The second-order valence-corrected chi connectivity index (χ2v) is 8.12. The van der Waals surface area contributed by atoms with Gasteiger partial charge in [-0.05, 0) is 24.8 Å². The van der Waals surface area contributed by atoms with Gasteiger partial charge in [-0.2, -0.15) is 17.5 Å². The van der Waals surface area contributed by atoms with Crippen molar-refractivity contribution in [2.24, 2.45) is 10.9 Å². The molecule has 0 aliphatic carbocycles. The maximum Gasteiger partial charge on any atom is 0.511 e. The van der Waals surface area contributed by atoms with Gasteiger partial charge >= 0.3 is 15.5 Å². The largest absolute Gasteiger partial charge is 0.511 e. The van der Waals surface area contributed by atoms with Gasteiger partial charge in [0.05, 0.1) is 0 Å². The van der Waals surface area contributed by atoms with Crippen molar-refractivity contribution in [3.63, 3.8) is 0 Å². The number of nitrogens with zero attached hydrogens (tertiary/aromatic N) is 2. The number of hydrogen-bond acceptors (Lipinski definition) is 3. The standard InChI is InChI=1S/C16H22F4N4O2S/c1-21-15(23-11-13-4-2-3-5-14(13)17)22-10-12-6-8-24(9-7-12)27(25,26)16(18,19)20/h2-5,12H,6-11H2,1H3,(H2,21,22,23). The first-order valence-electron chi connectivity index (χ1n) is 8.39. The maximum atomic E-state index is 13.6. The van der Waals surface area contributed by atoms with Crippen LogP contribution in [0, 0.1) is 11.7 Å². The third-order valence-electron chi connectivity index (χ3n) is 4.39. The minimum atomic E-state index is -5.27. The maximum absolute atomic E-state index is 13.6. The smallest absolute Gasteiger partial charge is 0.356 e. The second-order valence-electron chi connectivity index (χ2n) is 6.19. The first-order chi connectivity index (χ1) is 12.6. The number of alkyl halides is 3. The number of benzene rings is 1. The predicted octanol–water partition coefficient (Wildman–Crippen LogP) is 2.05. The fourth-order valence-electron chi connectivity index (χ4n) is 2.78. The summed E-state index contributed by atoms with van der Waals surface area (Å²) in [6, 6.07) is 6.32. The molecule has 0 unspecified atom stereocenters. The number of guanidine groups is 1. The quantitative estimate of drug-likeness (QED) is 0.443. The third-order valence-corrected chi connectivity index (χ3v) is 6.02. The molecule has 0 radical (unpaired) electrons. The molecular formula is C16H22F4N4O2S. The summed E-state index contributed by atoms with van der Waals surface area (Å²) in [4.78, 5) is 4.02. The van der Waals surface area contributed by atoms with Crippen LogP contribution in [-0.4, -0.2) is 50.9 Å². The average molecular weight is 410 g/mol. The molecule has 1 saturated heterocycles. The van der Waals surface area contributed by atoms with E-state index >= 15 is 0 Å². The Morgan fingerprint density at radius 1 is 1.22 bits per heavy atom. The van der Waals surface area contributed by atoms with Crippen molar-refractivity contribution in [3.8, 4) is 0 Å². The Balaban J connectivity index is 1.79. The highest BCUT2D eigenvalue weighted by molar-refractivity contribution is 7.90. The Kier molecular flexibility index (Phi) is 7.04. The van der Waals surface area contributed by atoms with Crippen molar-refractivity contribution in [3.05, 3.63) is 35.6 Å². The van der Waals surface area contributed by atoms with Crippen LogP contribution in [-0.2, 0) is 16.6 Å². The van der Waals surface area contributed by atoms with Crippen LogP contribution in [0.3, 0.4) is 0 Å². The molecule has 2 N–H and O–H groups in total. The zero-order valence-corrected chi connectivity index (χ0v) is 15.6. The predicted molar refractivity (Wildman–Crippen MR) is 93.9 cm³/mol. The molecule has 0 aromatic heterocycles. The summed E-state index contributed by atoms with van der Waals surface area (Å²) in [5.74, 6) is 0.110. The van der Waals surface area contributed by atoms with E-state index in [2.05, 4.69) is 15.6 Å². The van der Waals surface area contributed by atoms with Crippen LogP contribution in [0.25, 0.3) is 0 Å². The van der Waals surface area contributed by atoms with Crippen LogP contribution in [0.5, 0.6) is 0 Å². The van der Waals surface area contributed by atoms with Gasteiger partial charge in [0.15, 0.2) is 5.96 Å². The van der Waals surface area contributed by atoms with Crippen molar-refractivity contribution in [1.82, 2.24) is 14.9 Å². The van der Waals surface area contributed by atoms with Gasteiger partial charge in [0, 0.05) is 38.8 Å². The summed E-state index contributed by atoms with van der Waals surface area (Å²) in [5.41, 5.74) is -4.79. The molecule has 0 amide bonds. The molecule has 0 bridgehead atoms. The van der Waals surface area contributed by atoms with Crippen molar-refractivity contribution in [1.29, 1.82) is 0 Å². The van der Waals surface area contributed by atoms with Gasteiger partial charge < -0.3 is 10.6 Å². The SMILES string of the molecule is CN=C(NCc1ccccc1F)NCC1CCN(S(=O)(=O)C(F)(F)F)CC1. The van der Waals surface area contributed by atoms with E-state index in [-0.39, 0.29) is 31.4 Å². The van der Waals surface area contributed by atoms with Crippen LogP contribution in [0.4, 0.5) is 17.6 Å². The lowest BCUT2D eigenvalue weighted by Crippen LogP contribution is -2.47. The first kappa shape index (κ1) is 21.4.